The summed E-state index contributed by atoms with van der Waals surface area (Å²) >= 11 is 3.36. The first-order valence-corrected chi connectivity index (χ1v) is 7.65. The molecule has 8 nitrogen and oxygen atoms in total. The van der Waals surface area contributed by atoms with Crippen LogP contribution in [0.2, 0.25) is 0 Å². The van der Waals surface area contributed by atoms with Gasteiger partial charge in [-0.25, -0.2) is 5.43 Å². The average molecular weight is 394 g/mol. The Kier molecular flexibility index (Phi) is 4.80. The Morgan fingerprint density at radius 2 is 2.04 bits per heavy atom. The maximum atomic E-state index is 11.6. The summed E-state index contributed by atoms with van der Waals surface area (Å²) in [6.45, 7) is 0.283. The van der Waals surface area contributed by atoms with Crippen molar-refractivity contribution in [3.05, 3.63) is 46.3 Å². The second-order valence-corrected chi connectivity index (χ2v) is 5.54. The van der Waals surface area contributed by atoms with Gasteiger partial charge in [-0.1, -0.05) is 0 Å². The number of nitrogens with zero attached hydrogens (tertiary/aromatic N) is 1. The number of carbonyl (C=O) groups excluding carboxylic acids is 2. The maximum Gasteiger partial charge on any atom is 0.329 e. The van der Waals surface area contributed by atoms with E-state index in [4.69, 9.17) is 13.9 Å². The molecule has 1 aliphatic rings. The van der Waals surface area contributed by atoms with Crippen molar-refractivity contribution in [1.82, 2.24) is 10.7 Å². The standard InChI is InChI=1S/C15H12BrN3O5/c16-11-5-13-12(23-8-24-13)4-9(11)6-18-19-15(21)14(20)17-7-10-2-1-3-22-10/h1-6H,7-8H2,(H,17,20)(H,19,21)/b18-6+. The Hall–Kier alpha value is -2.81. The van der Waals surface area contributed by atoms with Gasteiger partial charge in [-0.3, -0.25) is 9.59 Å². The summed E-state index contributed by atoms with van der Waals surface area (Å²) in [6, 6.07) is 6.82. The Morgan fingerprint density at radius 3 is 2.79 bits per heavy atom. The van der Waals surface area contributed by atoms with E-state index in [1.807, 2.05) is 0 Å². The zero-order valence-electron chi connectivity index (χ0n) is 12.2. The molecule has 9 heteroatoms. The Labute approximate surface area is 144 Å². The molecule has 3 rings (SSSR count). The number of furan rings is 1. The van der Waals surface area contributed by atoms with Gasteiger partial charge in [0.15, 0.2) is 11.5 Å². The molecule has 24 heavy (non-hydrogen) atoms. The summed E-state index contributed by atoms with van der Waals surface area (Å²) in [6.07, 6.45) is 2.87. The molecule has 0 saturated carbocycles. The first kappa shape index (κ1) is 16.1. The largest absolute Gasteiger partial charge is 0.467 e. The highest BCUT2D eigenvalue weighted by atomic mass is 79.9. The normalized spacial score (nSPS) is 12.4. The number of hydrogen-bond donors (Lipinski definition) is 2. The fraction of sp³-hybridized carbons (Fsp3) is 0.133. The summed E-state index contributed by atoms with van der Waals surface area (Å²) in [5, 5.41) is 6.17. The number of hydrazone groups is 1. The van der Waals surface area contributed by atoms with E-state index in [1.54, 1.807) is 24.3 Å². The van der Waals surface area contributed by atoms with Crippen molar-refractivity contribution in [3.63, 3.8) is 0 Å². The van der Waals surface area contributed by atoms with Crippen LogP contribution in [-0.2, 0) is 16.1 Å². The lowest BCUT2D eigenvalue weighted by atomic mass is 10.2. The maximum absolute atomic E-state index is 11.6. The minimum atomic E-state index is -0.880. The van der Waals surface area contributed by atoms with Crippen molar-refractivity contribution >= 4 is 34.0 Å². The van der Waals surface area contributed by atoms with Gasteiger partial charge < -0.3 is 19.2 Å². The fourth-order valence-electron chi connectivity index (χ4n) is 1.90. The van der Waals surface area contributed by atoms with Crippen LogP contribution in [0.4, 0.5) is 0 Å². The molecule has 0 bridgehead atoms. The fourth-order valence-corrected chi connectivity index (χ4v) is 2.33. The van der Waals surface area contributed by atoms with Crippen molar-refractivity contribution in [2.75, 3.05) is 6.79 Å². The highest BCUT2D eigenvalue weighted by Crippen LogP contribution is 2.36. The van der Waals surface area contributed by atoms with Gasteiger partial charge in [-0.15, -0.1) is 0 Å². The van der Waals surface area contributed by atoms with Crippen molar-refractivity contribution in [1.29, 1.82) is 0 Å². The zero-order chi connectivity index (χ0) is 16.9. The monoisotopic (exact) mass is 393 g/mol. The number of carbonyl (C=O) groups is 2. The molecule has 2 amide bonds. The second kappa shape index (κ2) is 7.18. The van der Waals surface area contributed by atoms with Crippen molar-refractivity contribution in [3.8, 4) is 11.5 Å². The summed E-state index contributed by atoms with van der Waals surface area (Å²) < 4.78 is 16.3. The summed E-state index contributed by atoms with van der Waals surface area (Å²) in [7, 11) is 0. The van der Waals surface area contributed by atoms with Crippen LogP contribution in [0.15, 0.2) is 44.5 Å². The van der Waals surface area contributed by atoms with Gasteiger partial charge >= 0.3 is 11.8 Å². The summed E-state index contributed by atoms with van der Waals surface area (Å²) in [4.78, 5) is 23.3. The van der Waals surface area contributed by atoms with Crippen LogP contribution in [0.5, 0.6) is 11.5 Å². The average Bonchev–Trinajstić information content (AvgIpc) is 3.23. The minimum Gasteiger partial charge on any atom is -0.467 e. The zero-order valence-corrected chi connectivity index (χ0v) is 13.8. The molecule has 1 aromatic carbocycles. The third-order valence-electron chi connectivity index (χ3n) is 3.07. The van der Waals surface area contributed by atoms with Gasteiger partial charge in [0.05, 0.1) is 19.0 Å². The Morgan fingerprint density at radius 1 is 1.25 bits per heavy atom. The quantitative estimate of drug-likeness (QED) is 0.465. The van der Waals surface area contributed by atoms with Crippen LogP contribution in [0.3, 0.4) is 0 Å². The van der Waals surface area contributed by atoms with Crippen LogP contribution < -0.4 is 20.2 Å². The number of benzene rings is 1. The van der Waals surface area contributed by atoms with Gasteiger partial charge in [0.25, 0.3) is 0 Å². The van der Waals surface area contributed by atoms with E-state index in [-0.39, 0.29) is 13.3 Å². The van der Waals surface area contributed by atoms with E-state index in [0.717, 1.165) is 0 Å². The molecule has 0 fully saturated rings. The third-order valence-corrected chi connectivity index (χ3v) is 3.76. The molecule has 0 aliphatic carbocycles. The highest BCUT2D eigenvalue weighted by molar-refractivity contribution is 9.10. The molecule has 0 unspecified atom stereocenters. The molecule has 1 aliphatic heterocycles. The van der Waals surface area contributed by atoms with Crippen molar-refractivity contribution in [2.45, 2.75) is 6.54 Å². The molecule has 2 N–H and O–H groups in total. The van der Waals surface area contributed by atoms with Crippen LogP contribution in [0.25, 0.3) is 0 Å². The van der Waals surface area contributed by atoms with Crippen LogP contribution in [0, 0.1) is 0 Å². The molecule has 0 radical (unpaired) electrons. The smallest absolute Gasteiger partial charge is 0.329 e. The SMILES string of the molecule is O=C(NCc1ccco1)C(=O)N/N=C/c1cc2c(cc1Br)OCO2. The van der Waals surface area contributed by atoms with Gasteiger partial charge in [0.1, 0.15) is 5.76 Å². The summed E-state index contributed by atoms with van der Waals surface area (Å²) in [5.74, 6) is 0.0643. The molecule has 1 aromatic heterocycles. The Balaban J connectivity index is 1.54. The van der Waals surface area contributed by atoms with E-state index < -0.39 is 11.8 Å². The highest BCUT2D eigenvalue weighted by Gasteiger charge is 2.16. The van der Waals surface area contributed by atoms with Crippen LogP contribution in [0.1, 0.15) is 11.3 Å². The lowest BCUT2D eigenvalue weighted by Crippen LogP contribution is -2.37. The van der Waals surface area contributed by atoms with E-state index in [1.165, 1.54) is 12.5 Å². The molecular weight excluding hydrogens is 382 g/mol. The predicted molar refractivity (Wildman–Crippen MR) is 86.6 cm³/mol. The van der Waals surface area contributed by atoms with Crippen LogP contribution >= 0.6 is 15.9 Å². The number of halogens is 1. The molecule has 2 aromatic rings. The molecule has 124 valence electrons. The summed E-state index contributed by atoms with van der Waals surface area (Å²) in [5.41, 5.74) is 2.81. The van der Waals surface area contributed by atoms with Crippen LogP contribution in [-0.4, -0.2) is 24.8 Å². The number of hydrogen-bond acceptors (Lipinski definition) is 6. The molecule has 2 heterocycles. The van der Waals surface area contributed by atoms with Gasteiger partial charge in [0, 0.05) is 10.0 Å². The predicted octanol–water partition coefficient (Wildman–Crippen LogP) is 1.54. The number of fused-ring (bicyclic) bond motifs is 1. The molecule has 0 spiro atoms. The van der Waals surface area contributed by atoms with Crippen molar-refractivity contribution in [2.24, 2.45) is 5.10 Å². The van der Waals surface area contributed by atoms with Gasteiger partial charge in [-0.2, -0.15) is 5.10 Å². The van der Waals surface area contributed by atoms with E-state index in [9.17, 15) is 9.59 Å². The minimum absolute atomic E-state index is 0.122. The second-order valence-electron chi connectivity index (χ2n) is 4.69. The molecule has 0 saturated heterocycles. The topological polar surface area (TPSA) is 102 Å². The van der Waals surface area contributed by atoms with Crippen molar-refractivity contribution < 1.29 is 23.5 Å². The lowest BCUT2D eigenvalue weighted by molar-refractivity contribution is -0.139. The van der Waals surface area contributed by atoms with Gasteiger partial charge in [0.2, 0.25) is 6.79 Å². The number of nitrogens with one attached hydrogen (secondary N) is 2. The first-order chi connectivity index (χ1) is 11.6. The number of amides is 2. The van der Waals surface area contributed by atoms with E-state index in [0.29, 0.717) is 27.3 Å². The first-order valence-electron chi connectivity index (χ1n) is 6.86. The molecule has 0 atom stereocenters. The number of ether oxygens (including phenoxy) is 2. The molecular formula is C15H12BrN3O5. The Bertz CT molecular complexity index is 789. The number of rotatable bonds is 4. The lowest BCUT2D eigenvalue weighted by Gasteiger charge is -2.03. The van der Waals surface area contributed by atoms with E-state index >= 15 is 0 Å². The third kappa shape index (κ3) is 3.74. The van der Waals surface area contributed by atoms with E-state index in [2.05, 4.69) is 31.8 Å². The van der Waals surface area contributed by atoms with Gasteiger partial charge in [-0.05, 0) is 40.2 Å².